The fourth-order valence-corrected chi connectivity index (χ4v) is 2.66. The van der Waals surface area contributed by atoms with E-state index in [1.807, 2.05) is 0 Å². The quantitative estimate of drug-likeness (QED) is 0.602. The largest absolute Gasteiger partial charge is 0.481 e. The number of hydrogen-bond acceptors (Lipinski definition) is 4. The van der Waals surface area contributed by atoms with Crippen molar-refractivity contribution in [2.75, 3.05) is 24.6 Å². The number of rotatable bonds is 5. The van der Waals surface area contributed by atoms with Gasteiger partial charge in [0.05, 0.1) is 0 Å². The van der Waals surface area contributed by atoms with Gasteiger partial charge in [0.1, 0.15) is 6.04 Å². The normalized spacial score (nSPS) is 17.8. The highest BCUT2D eigenvalue weighted by atomic mass is 32.2. The number of carbonyl (C=O) groups is 3. The lowest BCUT2D eigenvalue weighted by molar-refractivity contribution is -0.140. The Morgan fingerprint density at radius 3 is 2.26 bits per heavy atom. The molecule has 0 aromatic rings. The minimum Gasteiger partial charge on any atom is -0.481 e. The molecule has 1 saturated heterocycles. The lowest BCUT2D eigenvalue weighted by atomic mass is 10.1. The van der Waals surface area contributed by atoms with Gasteiger partial charge >= 0.3 is 18.0 Å². The van der Waals surface area contributed by atoms with Crippen LogP contribution in [0.5, 0.6) is 0 Å². The number of urea groups is 1. The number of carboxylic acid groups (broad SMARTS) is 2. The number of nitrogens with one attached hydrogen (secondary N) is 1. The van der Waals surface area contributed by atoms with Crippen LogP contribution in [0.15, 0.2) is 0 Å². The smallest absolute Gasteiger partial charge is 0.326 e. The molecule has 0 aromatic heterocycles. The summed E-state index contributed by atoms with van der Waals surface area (Å²) in [7, 11) is -0.924. The zero-order valence-electron chi connectivity index (χ0n) is 10.2. The highest BCUT2D eigenvalue weighted by Crippen LogP contribution is 2.03. The molecule has 0 spiro atoms. The summed E-state index contributed by atoms with van der Waals surface area (Å²) < 4.78 is 11.1. The van der Waals surface area contributed by atoms with Gasteiger partial charge in [-0.15, -0.1) is 0 Å². The molecule has 0 radical (unpaired) electrons. The van der Waals surface area contributed by atoms with E-state index in [9.17, 15) is 18.6 Å². The monoisotopic (exact) mass is 292 g/mol. The third-order valence-electron chi connectivity index (χ3n) is 2.71. The minimum atomic E-state index is -1.27. The Bertz CT molecular complexity index is 389. The van der Waals surface area contributed by atoms with Crippen molar-refractivity contribution < 1.29 is 28.8 Å². The first-order chi connectivity index (χ1) is 8.90. The van der Waals surface area contributed by atoms with Gasteiger partial charge in [0.25, 0.3) is 0 Å². The van der Waals surface area contributed by atoms with Crippen molar-refractivity contribution >= 4 is 28.8 Å². The minimum absolute atomic E-state index is 0.170. The van der Waals surface area contributed by atoms with Crippen LogP contribution in [-0.4, -0.2) is 67.9 Å². The number of amides is 2. The average molecular weight is 292 g/mol. The molecular formula is C10H16N2O6S. The van der Waals surface area contributed by atoms with Crippen LogP contribution in [-0.2, 0) is 20.4 Å². The van der Waals surface area contributed by atoms with Gasteiger partial charge < -0.3 is 20.4 Å². The molecule has 0 saturated carbocycles. The van der Waals surface area contributed by atoms with E-state index >= 15 is 0 Å². The van der Waals surface area contributed by atoms with Gasteiger partial charge in [0.2, 0.25) is 0 Å². The standard InChI is InChI=1S/C10H16N2O6S/c13-8(14)2-1-7(9(15)16)11-10(17)12-3-5-19(18)6-4-12/h7H,1-6H2,(H,11,17)(H,13,14)(H,15,16). The second-order valence-electron chi connectivity index (χ2n) is 4.11. The van der Waals surface area contributed by atoms with Crippen LogP contribution in [0.2, 0.25) is 0 Å². The first-order valence-electron chi connectivity index (χ1n) is 5.75. The molecule has 3 N–H and O–H groups in total. The van der Waals surface area contributed by atoms with Crippen molar-refractivity contribution in [1.29, 1.82) is 0 Å². The van der Waals surface area contributed by atoms with E-state index in [0.717, 1.165) is 0 Å². The highest BCUT2D eigenvalue weighted by Gasteiger charge is 2.25. The van der Waals surface area contributed by atoms with Crippen LogP contribution < -0.4 is 5.32 Å². The summed E-state index contributed by atoms with van der Waals surface area (Å²) >= 11 is 0. The van der Waals surface area contributed by atoms with E-state index in [-0.39, 0.29) is 12.8 Å². The van der Waals surface area contributed by atoms with Gasteiger partial charge in [-0.3, -0.25) is 9.00 Å². The molecule has 1 unspecified atom stereocenters. The van der Waals surface area contributed by atoms with E-state index in [1.54, 1.807) is 0 Å². The Hall–Kier alpha value is -1.64. The summed E-state index contributed by atoms with van der Waals surface area (Å²) in [5.74, 6) is -1.63. The molecule has 8 nitrogen and oxygen atoms in total. The van der Waals surface area contributed by atoms with Crippen molar-refractivity contribution in [2.45, 2.75) is 18.9 Å². The molecule has 19 heavy (non-hydrogen) atoms. The Labute approximate surface area is 112 Å². The van der Waals surface area contributed by atoms with E-state index < -0.39 is 34.8 Å². The van der Waals surface area contributed by atoms with Gasteiger partial charge in [-0.25, -0.2) is 9.59 Å². The first-order valence-corrected chi connectivity index (χ1v) is 7.24. The van der Waals surface area contributed by atoms with Crippen molar-refractivity contribution in [3.05, 3.63) is 0 Å². The zero-order chi connectivity index (χ0) is 14.4. The summed E-state index contributed by atoms with van der Waals surface area (Å²) in [6, 6.07) is -1.79. The second kappa shape index (κ2) is 7.07. The van der Waals surface area contributed by atoms with E-state index in [4.69, 9.17) is 10.2 Å². The van der Waals surface area contributed by atoms with E-state index in [0.29, 0.717) is 24.6 Å². The van der Waals surface area contributed by atoms with Crippen LogP contribution in [0.3, 0.4) is 0 Å². The van der Waals surface area contributed by atoms with Crippen LogP contribution in [0.25, 0.3) is 0 Å². The van der Waals surface area contributed by atoms with Crippen LogP contribution in [0.1, 0.15) is 12.8 Å². The topological polar surface area (TPSA) is 124 Å². The summed E-state index contributed by atoms with van der Waals surface area (Å²) in [6.45, 7) is 0.618. The maximum absolute atomic E-state index is 11.8. The van der Waals surface area contributed by atoms with E-state index in [1.165, 1.54) is 4.90 Å². The third kappa shape index (κ3) is 5.25. The number of aliphatic carboxylic acids is 2. The predicted octanol–water partition coefficient (Wildman–Crippen LogP) is -0.922. The first kappa shape index (κ1) is 15.4. The maximum Gasteiger partial charge on any atom is 0.326 e. The molecule has 1 heterocycles. The molecule has 0 bridgehead atoms. The molecule has 1 aliphatic heterocycles. The number of hydrogen-bond donors (Lipinski definition) is 3. The molecule has 0 aliphatic carbocycles. The number of carboxylic acids is 2. The predicted molar refractivity (Wildman–Crippen MR) is 66.3 cm³/mol. The lowest BCUT2D eigenvalue weighted by Crippen LogP contribution is -2.51. The van der Waals surface area contributed by atoms with Gasteiger partial charge in [-0.1, -0.05) is 0 Å². The zero-order valence-corrected chi connectivity index (χ0v) is 11.0. The molecule has 1 atom stereocenters. The Morgan fingerprint density at radius 2 is 1.79 bits per heavy atom. The van der Waals surface area contributed by atoms with Gasteiger partial charge in [0.15, 0.2) is 0 Å². The molecule has 2 amide bonds. The average Bonchev–Trinajstić information content (AvgIpc) is 2.34. The van der Waals surface area contributed by atoms with Crippen molar-refractivity contribution in [3.8, 4) is 0 Å². The van der Waals surface area contributed by atoms with Crippen LogP contribution >= 0.6 is 0 Å². The van der Waals surface area contributed by atoms with E-state index in [2.05, 4.69) is 5.32 Å². The number of carbonyl (C=O) groups excluding carboxylic acids is 1. The van der Waals surface area contributed by atoms with Gasteiger partial charge in [-0.2, -0.15) is 0 Å². The van der Waals surface area contributed by atoms with Crippen molar-refractivity contribution in [2.24, 2.45) is 0 Å². The summed E-state index contributed by atoms with van der Waals surface area (Å²) in [5, 5.41) is 19.7. The molecule has 1 aliphatic rings. The summed E-state index contributed by atoms with van der Waals surface area (Å²) in [6.07, 6.45) is -0.503. The molecule has 108 valence electrons. The maximum atomic E-state index is 11.8. The summed E-state index contributed by atoms with van der Waals surface area (Å²) in [5.41, 5.74) is 0. The SMILES string of the molecule is O=C(O)CCC(NC(=O)N1CCS(=O)CC1)C(=O)O. The number of nitrogens with zero attached hydrogens (tertiary/aromatic N) is 1. The Balaban J connectivity index is 2.49. The molecule has 9 heteroatoms. The molecule has 1 fully saturated rings. The van der Waals surface area contributed by atoms with Crippen LogP contribution in [0.4, 0.5) is 4.79 Å². The third-order valence-corrected chi connectivity index (χ3v) is 3.98. The summed E-state index contributed by atoms with van der Waals surface area (Å²) in [4.78, 5) is 34.5. The van der Waals surface area contributed by atoms with Gasteiger partial charge in [0, 0.05) is 41.8 Å². The van der Waals surface area contributed by atoms with Gasteiger partial charge in [-0.05, 0) is 6.42 Å². The van der Waals surface area contributed by atoms with Crippen molar-refractivity contribution in [3.63, 3.8) is 0 Å². The highest BCUT2D eigenvalue weighted by molar-refractivity contribution is 7.85. The fourth-order valence-electron chi connectivity index (χ4n) is 1.61. The second-order valence-corrected chi connectivity index (χ2v) is 5.80. The molecule has 0 aromatic carbocycles. The molecular weight excluding hydrogens is 276 g/mol. The van der Waals surface area contributed by atoms with Crippen molar-refractivity contribution in [1.82, 2.24) is 10.2 Å². The Kier molecular flexibility index (Phi) is 5.74. The van der Waals surface area contributed by atoms with Crippen LogP contribution in [0, 0.1) is 0 Å². The lowest BCUT2D eigenvalue weighted by Gasteiger charge is -2.27. The fraction of sp³-hybridized carbons (Fsp3) is 0.700. The Morgan fingerprint density at radius 1 is 1.21 bits per heavy atom. The molecule has 1 rings (SSSR count).